The fourth-order valence-corrected chi connectivity index (χ4v) is 3.62. The molecule has 1 aliphatic heterocycles. The average molecular weight is 398 g/mol. The summed E-state index contributed by atoms with van der Waals surface area (Å²) >= 11 is 0. The first-order chi connectivity index (χ1) is 13.9. The molecule has 154 valence electrons. The number of urea groups is 1. The van der Waals surface area contributed by atoms with E-state index in [1.165, 1.54) is 17.0 Å². The van der Waals surface area contributed by atoms with Crippen LogP contribution in [0.4, 0.5) is 26.2 Å². The Morgan fingerprint density at radius 2 is 1.97 bits per heavy atom. The van der Waals surface area contributed by atoms with Crippen LogP contribution in [0.1, 0.15) is 25.8 Å². The lowest BCUT2D eigenvalue weighted by Gasteiger charge is -2.22. The molecule has 29 heavy (non-hydrogen) atoms. The Balaban J connectivity index is 1.61. The van der Waals surface area contributed by atoms with Crippen molar-refractivity contribution >= 4 is 29.0 Å². The molecule has 1 saturated heterocycles. The lowest BCUT2D eigenvalue weighted by Crippen LogP contribution is -2.39. The average Bonchev–Trinajstić information content (AvgIpc) is 3.05. The van der Waals surface area contributed by atoms with Crippen LogP contribution in [0.2, 0.25) is 0 Å². The van der Waals surface area contributed by atoms with E-state index in [0.29, 0.717) is 12.2 Å². The molecule has 0 bridgehead atoms. The summed E-state index contributed by atoms with van der Waals surface area (Å²) < 4.78 is 13.4. The van der Waals surface area contributed by atoms with Gasteiger partial charge in [-0.25, -0.2) is 9.18 Å². The Morgan fingerprint density at radius 1 is 1.21 bits per heavy atom. The number of anilines is 3. The van der Waals surface area contributed by atoms with Crippen LogP contribution in [0.5, 0.6) is 0 Å². The van der Waals surface area contributed by atoms with Crippen molar-refractivity contribution in [2.75, 3.05) is 34.8 Å². The van der Waals surface area contributed by atoms with Gasteiger partial charge in [-0.1, -0.05) is 6.07 Å². The molecular formula is C22H27FN4O2. The van der Waals surface area contributed by atoms with Crippen LogP contribution >= 0.6 is 0 Å². The molecule has 3 amide bonds. The molecular weight excluding hydrogens is 371 g/mol. The third-order valence-corrected chi connectivity index (χ3v) is 5.17. The summed E-state index contributed by atoms with van der Waals surface area (Å²) in [6.45, 7) is 8.31. The first-order valence-corrected chi connectivity index (χ1v) is 9.90. The van der Waals surface area contributed by atoms with Gasteiger partial charge in [-0.3, -0.25) is 4.79 Å². The van der Waals surface area contributed by atoms with E-state index in [1.807, 2.05) is 25.1 Å². The second kappa shape index (κ2) is 8.94. The number of nitrogens with one attached hydrogen (secondary N) is 2. The maximum absolute atomic E-state index is 13.4. The molecule has 2 aromatic carbocycles. The van der Waals surface area contributed by atoms with E-state index in [0.717, 1.165) is 30.0 Å². The van der Waals surface area contributed by atoms with E-state index in [9.17, 15) is 14.0 Å². The Labute approximate surface area is 170 Å². The number of amides is 3. The number of nitrogens with zero attached hydrogens (tertiary/aromatic N) is 2. The van der Waals surface area contributed by atoms with E-state index >= 15 is 0 Å². The van der Waals surface area contributed by atoms with Gasteiger partial charge in [-0.2, -0.15) is 0 Å². The molecule has 2 N–H and O–H groups in total. The van der Waals surface area contributed by atoms with Gasteiger partial charge in [-0.15, -0.1) is 0 Å². The zero-order valence-electron chi connectivity index (χ0n) is 17.0. The first kappa shape index (κ1) is 20.6. The summed E-state index contributed by atoms with van der Waals surface area (Å²) in [6.07, 6.45) is 0.184. The molecule has 1 heterocycles. The highest BCUT2D eigenvalue weighted by atomic mass is 19.1. The third kappa shape index (κ3) is 4.85. The summed E-state index contributed by atoms with van der Waals surface area (Å²) in [4.78, 5) is 28.4. The van der Waals surface area contributed by atoms with Crippen LogP contribution in [0.15, 0.2) is 42.5 Å². The van der Waals surface area contributed by atoms with Gasteiger partial charge in [0.2, 0.25) is 5.91 Å². The molecule has 1 atom stereocenters. The number of hydrogen-bond acceptors (Lipinski definition) is 3. The molecule has 0 aliphatic carbocycles. The fourth-order valence-electron chi connectivity index (χ4n) is 3.62. The predicted octanol–water partition coefficient (Wildman–Crippen LogP) is 3.91. The number of aryl methyl sites for hydroxylation is 1. The standard InChI is InChI=1S/C22H27FN4O2/c1-4-26(5-2)18-9-10-20(15(3)11-18)25-22(29)24-17-13-21(28)27(14-17)19-8-6-7-16(23)12-19/h6-12,17H,4-5,13-14H2,1-3H3,(H2,24,25,29). The van der Waals surface area contributed by atoms with Crippen LogP contribution < -0.4 is 20.4 Å². The molecule has 7 heteroatoms. The van der Waals surface area contributed by atoms with Gasteiger partial charge in [0.05, 0.1) is 6.04 Å². The van der Waals surface area contributed by atoms with Crippen LogP contribution in [0.25, 0.3) is 0 Å². The monoisotopic (exact) mass is 398 g/mol. The fraction of sp³-hybridized carbons (Fsp3) is 0.364. The Morgan fingerprint density at radius 3 is 2.62 bits per heavy atom. The molecule has 0 aromatic heterocycles. The smallest absolute Gasteiger partial charge is 0.319 e. The molecule has 6 nitrogen and oxygen atoms in total. The lowest BCUT2D eigenvalue weighted by atomic mass is 10.1. The zero-order chi connectivity index (χ0) is 21.0. The number of rotatable bonds is 6. The van der Waals surface area contributed by atoms with Crippen molar-refractivity contribution in [2.45, 2.75) is 33.2 Å². The van der Waals surface area contributed by atoms with Gasteiger partial charge in [0.1, 0.15) is 5.82 Å². The number of halogens is 1. The molecule has 0 saturated carbocycles. The minimum absolute atomic E-state index is 0.138. The van der Waals surface area contributed by atoms with Gasteiger partial charge >= 0.3 is 6.03 Å². The van der Waals surface area contributed by atoms with Gasteiger partial charge in [0.25, 0.3) is 0 Å². The summed E-state index contributed by atoms with van der Waals surface area (Å²) in [7, 11) is 0. The van der Waals surface area contributed by atoms with E-state index in [4.69, 9.17) is 0 Å². The van der Waals surface area contributed by atoms with E-state index in [1.54, 1.807) is 12.1 Å². The number of carbonyl (C=O) groups is 2. The number of benzene rings is 2. The molecule has 3 rings (SSSR count). The lowest BCUT2D eigenvalue weighted by molar-refractivity contribution is -0.117. The van der Waals surface area contributed by atoms with Gasteiger partial charge in [0, 0.05) is 43.1 Å². The van der Waals surface area contributed by atoms with Crippen LogP contribution in [-0.2, 0) is 4.79 Å². The van der Waals surface area contributed by atoms with Crippen molar-refractivity contribution in [3.05, 3.63) is 53.8 Å². The Bertz CT molecular complexity index is 898. The first-order valence-electron chi connectivity index (χ1n) is 9.90. The third-order valence-electron chi connectivity index (χ3n) is 5.17. The van der Waals surface area contributed by atoms with Crippen molar-refractivity contribution < 1.29 is 14.0 Å². The molecule has 1 unspecified atom stereocenters. The predicted molar refractivity (Wildman–Crippen MR) is 114 cm³/mol. The summed E-state index contributed by atoms with van der Waals surface area (Å²) in [5, 5.41) is 5.70. The van der Waals surface area contributed by atoms with Crippen molar-refractivity contribution in [3.8, 4) is 0 Å². The van der Waals surface area contributed by atoms with Gasteiger partial charge in [-0.05, 0) is 62.7 Å². The highest BCUT2D eigenvalue weighted by Crippen LogP contribution is 2.24. The zero-order valence-corrected chi connectivity index (χ0v) is 17.0. The van der Waals surface area contributed by atoms with E-state index in [-0.39, 0.29) is 24.4 Å². The second-order valence-electron chi connectivity index (χ2n) is 7.16. The largest absolute Gasteiger partial charge is 0.372 e. The number of hydrogen-bond donors (Lipinski definition) is 2. The second-order valence-corrected chi connectivity index (χ2v) is 7.16. The van der Waals surface area contributed by atoms with Crippen molar-refractivity contribution in [3.63, 3.8) is 0 Å². The SMILES string of the molecule is CCN(CC)c1ccc(NC(=O)NC2CC(=O)N(c3cccc(F)c3)C2)c(C)c1. The van der Waals surface area contributed by atoms with Gasteiger partial charge in [0.15, 0.2) is 0 Å². The van der Waals surface area contributed by atoms with Crippen molar-refractivity contribution in [1.29, 1.82) is 0 Å². The minimum Gasteiger partial charge on any atom is -0.372 e. The normalized spacial score (nSPS) is 16.1. The van der Waals surface area contributed by atoms with Gasteiger partial charge < -0.3 is 20.4 Å². The molecule has 1 fully saturated rings. The Kier molecular flexibility index (Phi) is 6.36. The van der Waals surface area contributed by atoms with Crippen LogP contribution in [0.3, 0.4) is 0 Å². The number of carbonyl (C=O) groups excluding carboxylic acids is 2. The van der Waals surface area contributed by atoms with Crippen molar-refractivity contribution in [1.82, 2.24) is 5.32 Å². The highest BCUT2D eigenvalue weighted by molar-refractivity contribution is 5.97. The molecule has 0 radical (unpaired) electrons. The van der Waals surface area contributed by atoms with E-state index in [2.05, 4.69) is 29.4 Å². The maximum atomic E-state index is 13.4. The van der Waals surface area contributed by atoms with Crippen LogP contribution in [0, 0.1) is 12.7 Å². The summed E-state index contributed by atoms with van der Waals surface area (Å²) in [5.41, 5.74) is 3.31. The highest BCUT2D eigenvalue weighted by Gasteiger charge is 2.31. The molecule has 0 spiro atoms. The van der Waals surface area contributed by atoms with Crippen LogP contribution in [-0.4, -0.2) is 37.6 Å². The topological polar surface area (TPSA) is 64.7 Å². The summed E-state index contributed by atoms with van der Waals surface area (Å²) in [6, 6.07) is 11.1. The van der Waals surface area contributed by atoms with E-state index < -0.39 is 5.82 Å². The molecule has 2 aromatic rings. The molecule has 1 aliphatic rings. The maximum Gasteiger partial charge on any atom is 0.319 e. The quantitative estimate of drug-likeness (QED) is 0.776. The van der Waals surface area contributed by atoms with Crippen molar-refractivity contribution in [2.24, 2.45) is 0 Å². The summed E-state index contributed by atoms with van der Waals surface area (Å²) in [5.74, 6) is -0.534. The Hall–Kier alpha value is -3.09. The minimum atomic E-state index is -0.395.